The smallest absolute Gasteiger partial charge is 0.241 e. The molecule has 0 atom stereocenters. The fourth-order valence-electron chi connectivity index (χ4n) is 3.56. The number of anilines is 1. The van der Waals surface area contributed by atoms with E-state index in [0.29, 0.717) is 18.3 Å². The average molecular weight is 377 g/mol. The van der Waals surface area contributed by atoms with Gasteiger partial charge in [0.15, 0.2) is 0 Å². The fraction of sp³-hybridized carbons (Fsp3) is 0.409. The van der Waals surface area contributed by atoms with Gasteiger partial charge in [-0.1, -0.05) is 42.4 Å². The molecule has 0 spiro atoms. The van der Waals surface area contributed by atoms with E-state index >= 15 is 0 Å². The van der Waals surface area contributed by atoms with Gasteiger partial charge in [-0.25, -0.2) is 4.98 Å². The number of rotatable bonds is 6. The van der Waals surface area contributed by atoms with E-state index in [1.807, 2.05) is 25.4 Å². The predicted octanol–water partition coefficient (Wildman–Crippen LogP) is 4.00. The van der Waals surface area contributed by atoms with Crippen LogP contribution in [0.5, 0.6) is 0 Å². The second-order valence-corrected chi connectivity index (χ2v) is 7.74. The Morgan fingerprint density at radius 2 is 1.86 bits per heavy atom. The van der Waals surface area contributed by atoms with Crippen molar-refractivity contribution in [3.8, 4) is 11.4 Å². The zero-order valence-electron chi connectivity index (χ0n) is 16.6. The molecule has 1 fully saturated rings. The molecule has 1 saturated heterocycles. The maximum atomic E-state index is 5.44. The molecule has 1 aliphatic heterocycles. The molecule has 3 aromatic rings. The van der Waals surface area contributed by atoms with Gasteiger partial charge in [0.05, 0.1) is 6.54 Å². The summed E-state index contributed by atoms with van der Waals surface area (Å²) in [5, 5.41) is 4.13. The molecule has 3 heterocycles. The van der Waals surface area contributed by atoms with Gasteiger partial charge >= 0.3 is 0 Å². The van der Waals surface area contributed by atoms with Gasteiger partial charge in [-0.3, -0.25) is 4.90 Å². The second-order valence-electron chi connectivity index (χ2n) is 7.74. The molecule has 6 nitrogen and oxygen atoms in total. The summed E-state index contributed by atoms with van der Waals surface area (Å²) in [5.74, 6) is 3.05. The Hall–Kier alpha value is -2.73. The van der Waals surface area contributed by atoms with Gasteiger partial charge in [0, 0.05) is 31.4 Å². The molecule has 2 aromatic heterocycles. The lowest BCUT2D eigenvalue weighted by atomic mass is 9.99. The van der Waals surface area contributed by atoms with Crippen molar-refractivity contribution in [3.05, 3.63) is 60.1 Å². The first kappa shape index (κ1) is 18.6. The van der Waals surface area contributed by atoms with Gasteiger partial charge < -0.3 is 9.42 Å². The summed E-state index contributed by atoms with van der Waals surface area (Å²) in [6.45, 7) is 5.92. The molecule has 0 unspecified atom stereocenters. The first-order valence-electron chi connectivity index (χ1n) is 9.94. The highest BCUT2D eigenvalue weighted by atomic mass is 16.5. The summed E-state index contributed by atoms with van der Waals surface area (Å²) in [6.07, 6.45) is 4.30. The van der Waals surface area contributed by atoms with E-state index in [2.05, 4.69) is 62.2 Å². The number of hydrogen-bond donors (Lipinski definition) is 0. The van der Waals surface area contributed by atoms with Crippen molar-refractivity contribution >= 4 is 5.82 Å². The van der Waals surface area contributed by atoms with Crippen molar-refractivity contribution in [2.24, 2.45) is 5.92 Å². The molecule has 1 aromatic carbocycles. The Bertz CT molecular complexity index is 869. The number of benzene rings is 1. The summed E-state index contributed by atoms with van der Waals surface area (Å²) in [6, 6.07) is 14.5. The maximum absolute atomic E-state index is 5.44. The Morgan fingerprint density at radius 1 is 1.07 bits per heavy atom. The lowest BCUT2D eigenvalue weighted by Gasteiger charge is -2.31. The summed E-state index contributed by atoms with van der Waals surface area (Å²) < 4.78 is 5.44. The summed E-state index contributed by atoms with van der Waals surface area (Å²) in [4.78, 5) is 13.7. The molecule has 28 heavy (non-hydrogen) atoms. The van der Waals surface area contributed by atoms with Crippen LogP contribution in [0.2, 0.25) is 0 Å². The van der Waals surface area contributed by atoms with Gasteiger partial charge in [0.1, 0.15) is 5.82 Å². The van der Waals surface area contributed by atoms with Crippen molar-refractivity contribution in [2.45, 2.75) is 32.9 Å². The van der Waals surface area contributed by atoms with Crippen molar-refractivity contribution in [1.82, 2.24) is 20.0 Å². The first-order chi connectivity index (χ1) is 13.7. The van der Waals surface area contributed by atoms with Crippen molar-refractivity contribution < 1.29 is 4.52 Å². The molecule has 0 N–H and O–H groups in total. The zero-order chi connectivity index (χ0) is 19.3. The minimum atomic E-state index is 0.592. The van der Waals surface area contributed by atoms with Crippen LogP contribution in [0.3, 0.4) is 0 Å². The van der Waals surface area contributed by atoms with E-state index in [4.69, 9.17) is 4.52 Å². The zero-order valence-corrected chi connectivity index (χ0v) is 16.6. The highest BCUT2D eigenvalue weighted by Gasteiger charge is 2.17. The van der Waals surface area contributed by atoms with Crippen molar-refractivity contribution in [3.63, 3.8) is 0 Å². The number of aromatic nitrogens is 3. The monoisotopic (exact) mass is 377 g/mol. The first-order valence-corrected chi connectivity index (χ1v) is 9.94. The minimum absolute atomic E-state index is 0.592. The van der Waals surface area contributed by atoms with Gasteiger partial charge in [0.2, 0.25) is 11.7 Å². The van der Waals surface area contributed by atoms with Crippen molar-refractivity contribution in [1.29, 1.82) is 0 Å². The van der Waals surface area contributed by atoms with E-state index in [-0.39, 0.29) is 0 Å². The predicted molar refractivity (Wildman–Crippen MR) is 110 cm³/mol. The third-order valence-electron chi connectivity index (χ3n) is 5.28. The summed E-state index contributed by atoms with van der Waals surface area (Å²) in [5.41, 5.74) is 2.14. The number of pyridine rings is 1. The Kier molecular flexibility index (Phi) is 5.67. The molecule has 0 bridgehead atoms. The summed E-state index contributed by atoms with van der Waals surface area (Å²) in [7, 11) is 2.05. The normalized spacial score (nSPS) is 15.3. The van der Waals surface area contributed by atoms with Crippen LogP contribution in [0.15, 0.2) is 53.2 Å². The Balaban J connectivity index is 1.37. The quantitative estimate of drug-likeness (QED) is 0.647. The standard InChI is InChI=1S/C22H27N5O/c1-17-10-12-27(13-11-17)20-9-8-19(14-23-20)22-24-21(28-25-22)16-26(2)15-18-6-4-3-5-7-18/h3-9,14,17H,10-13,15-16H2,1-2H3. The van der Waals surface area contributed by atoms with Gasteiger partial charge in [0.25, 0.3) is 0 Å². The molecule has 0 radical (unpaired) electrons. The van der Waals surface area contributed by atoms with E-state index < -0.39 is 0 Å². The van der Waals surface area contributed by atoms with E-state index in [1.165, 1.54) is 18.4 Å². The average Bonchev–Trinajstić information content (AvgIpc) is 3.18. The van der Waals surface area contributed by atoms with Gasteiger partial charge in [-0.05, 0) is 43.5 Å². The van der Waals surface area contributed by atoms with Gasteiger partial charge in [-0.15, -0.1) is 0 Å². The number of hydrogen-bond acceptors (Lipinski definition) is 6. The molecule has 1 aliphatic rings. The molecule has 0 aliphatic carbocycles. The van der Waals surface area contributed by atoms with Crippen LogP contribution in [0.4, 0.5) is 5.82 Å². The third-order valence-corrected chi connectivity index (χ3v) is 5.28. The topological polar surface area (TPSA) is 58.3 Å². The summed E-state index contributed by atoms with van der Waals surface area (Å²) >= 11 is 0. The Morgan fingerprint density at radius 3 is 2.57 bits per heavy atom. The molecule has 0 amide bonds. The molecular weight excluding hydrogens is 350 g/mol. The van der Waals surface area contributed by atoms with Crippen LogP contribution >= 0.6 is 0 Å². The second kappa shape index (κ2) is 8.52. The largest absolute Gasteiger partial charge is 0.357 e. The molecule has 0 saturated carbocycles. The van der Waals surface area contributed by atoms with Crippen LogP contribution < -0.4 is 4.90 Å². The van der Waals surface area contributed by atoms with Crippen molar-refractivity contribution in [2.75, 3.05) is 25.0 Å². The maximum Gasteiger partial charge on any atom is 0.241 e. The lowest BCUT2D eigenvalue weighted by molar-refractivity contribution is 0.261. The molecule has 146 valence electrons. The number of piperidine rings is 1. The lowest BCUT2D eigenvalue weighted by Crippen LogP contribution is -2.33. The van der Waals surface area contributed by atoms with E-state index in [9.17, 15) is 0 Å². The molecule has 6 heteroatoms. The van der Waals surface area contributed by atoms with Crippen LogP contribution in [-0.4, -0.2) is 40.2 Å². The number of nitrogens with zero attached hydrogens (tertiary/aromatic N) is 5. The van der Waals surface area contributed by atoms with Crippen LogP contribution in [0.25, 0.3) is 11.4 Å². The molecular formula is C22H27N5O. The SMILES string of the molecule is CC1CCN(c2ccc(-c3noc(CN(C)Cc4ccccc4)n3)cn2)CC1. The highest BCUT2D eigenvalue weighted by Crippen LogP contribution is 2.23. The minimum Gasteiger partial charge on any atom is -0.357 e. The van der Waals surface area contributed by atoms with Crippen LogP contribution in [-0.2, 0) is 13.1 Å². The van der Waals surface area contributed by atoms with Gasteiger partial charge in [-0.2, -0.15) is 4.98 Å². The third kappa shape index (κ3) is 4.57. The van der Waals surface area contributed by atoms with E-state index in [1.54, 1.807) is 0 Å². The Labute approximate surface area is 166 Å². The van der Waals surface area contributed by atoms with Crippen LogP contribution in [0, 0.1) is 5.92 Å². The van der Waals surface area contributed by atoms with Crippen LogP contribution in [0.1, 0.15) is 31.2 Å². The molecule has 4 rings (SSSR count). The fourth-order valence-corrected chi connectivity index (χ4v) is 3.56. The van der Waals surface area contributed by atoms with E-state index in [0.717, 1.165) is 36.9 Å². The highest BCUT2D eigenvalue weighted by molar-refractivity contribution is 5.55.